The van der Waals surface area contributed by atoms with Gasteiger partial charge in [-0.05, 0) is 30.7 Å². The fourth-order valence-corrected chi connectivity index (χ4v) is 2.13. The lowest BCUT2D eigenvalue weighted by atomic mass is 10.1. The maximum Gasteiger partial charge on any atom is 0.328 e. The van der Waals surface area contributed by atoms with Gasteiger partial charge in [-0.2, -0.15) is 0 Å². The predicted octanol–water partition coefficient (Wildman–Crippen LogP) is 3.25. The van der Waals surface area contributed by atoms with Gasteiger partial charge in [0.2, 0.25) is 0 Å². The first-order chi connectivity index (χ1) is 9.17. The van der Waals surface area contributed by atoms with Crippen LogP contribution in [0, 0.1) is 0 Å². The summed E-state index contributed by atoms with van der Waals surface area (Å²) < 4.78 is 4.76. The molecule has 0 bridgehead atoms. The molecule has 19 heavy (non-hydrogen) atoms. The van der Waals surface area contributed by atoms with Gasteiger partial charge < -0.3 is 10.1 Å². The molecule has 2 rings (SSSR count). The Morgan fingerprint density at radius 1 is 1.47 bits per heavy atom. The second-order valence-electron chi connectivity index (χ2n) is 4.12. The molecule has 1 atom stereocenters. The van der Waals surface area contributed by atoms with E-state index in [1.54, 1.807) is 12.3 Å². The molecule has 0 amide bonds. The Labute approximate surface area is 116 Å². The zero-order chi connectivity index (χ0) is 13.8. The summed E-state index contributed by atoms with van der Waals surface area (Å²) in [6, 6.07) is 6.95. The highest BCUT2D eigenvalue weighted by Crippen LogP contribution is 2.28. The Bertz CT molecular complexity index is 601. The number of halogens is 1. The van der Waals surface area contributed by atoms with Crippen LogP contribution in [0.1, 0.15) is 13.3 Å². The standard InChI is InChI=1S/C14H15ClN2O2/c1-3-11(14(18)19-2)17-12-7-6-10(15)9-5-4-8-16-13(9)12/h4-8,11,17H,3H2,1-2H3. The first kappa shape index (κ1) is 13.6. The molecule has 2 aromatic rings. The lowest BCUT2D eigenvalue weighted by molar-refractivity contribution is -0.141. The molecule has 0 aliphatic carbocycles. The molecule has 0 radical (unpaired) electrons. The number of methoxy groups -OCH3 is 1. The van der Waals surface area contributed by atoms with Gasteiger partial charge in [-0.15, -0.1) is 0 Å². The van der Waals surface area contributed by atoms with E-state index in [0.717, 1.165) is 16.6 Å². The van der Waals surface area contributed by atoms with Gasteiger partial charge in [0.05, 0.1) is 23.3 Å². The van der Waals surface area contributed by atoms with Crippen molar-refractivity contribution in [3.8, 4) is 0 Å². The molecule has 1 unspecified atom stereocenters. The Morgan fingerprint density at radius 3 is 2.95 bits per heavy atom. The largest absolute Gasteiger partial charge is 0.467 e. The third-order valence-corrected chi connectivity index (χ3v) is 3.27. The number of benzene rings is 1. The Morgan fingerprint density at radius 2 is 2.26 bits per heavy atom. The van der Waals surface area contributed by atoms with E-state index in [2.05, 4.69) is 10.3 Å². The fourth-order valence-electron chi connectivity index (χ4n) is 1.91. The van der Waals surface area contributed by atoms with Gasteiger partial charge in [0.1, 0.15) is 6.04 Å². The third-order valence-electron chi connectivity index (χ3n) is 2.94. The van der Waals surface area contributed by atoms with E-state index in [9.17, 15) is 4.79 Å². The van der Waals surface area contributed by atoms with Crippen molar-refractivity contribution < 1.29 is 9.53 Å². The minimum atomic E-state index is -0.392. The number of anilines is 1. The summed E-state index contributed by atoms with van der Waals surface area (Å²) in [6.45, 7) is 1.92. The number of aromatic nitrogens is 1. The number of carbonyl (C=O) groups excluding carboxylic acids is 1. The number of nitrogens with zero attached hydrogens (tertiary/aromatic N) is 1. The smallest absolute Gasteiger partial charge is 0.328 e. The summed E-state index contributed by atoms with van der Waals surface area (Å²) in [5, 5.41) is 4.65. The van der Waals surface area contributed by atoms with Crippen LogP contribution in [0.4, 0.5) is 5.69 Å². The summed E-state index contributed by atoms with van der Waals surface area (Å²) in [5.74, 6) is -0.290. The molecule has 1 aromatic heterocycles. The number of rotatable bonds is 4. The number of carbonyl (C=O) groups is 1. The molecule has 0 aliphatic rings. The van der Waals surface area contributed by atoms with E-state index in [1.165, 1.54) is 7.11 Å². The minimum Gasteiger partial charge on any atom is -0.467 e. The van der Waals surface area contributed by atoms with Crippen molar-refractivity contribution >= 4 is 34.2 Å². The van der Waals surface area contributed by atoms with E-state index < -0.39 is 6.04 Å². The molecule has 1 aromatic carbocycles. The lowest BCUT2D eigenvalue weighted by Crippen LogP contribution is -2.29. The number of pyridine rings is 1. The highest BCUT2D eigenvalue weighted by atomic mass is 35.5. The quantitative estimate of drug-likeness (QED) is 0.872. The molecule has 1 heterocycles. The minimum absolute atomic E-state index is 0.290. The van der Waals surface area contributed by atoms with Crippen molar-refractivity contribution in [2.45, 2.75) is 19.4 Å². The molecule has 4 nitrogen and oxygen atoms in total. The Balaban J connectivity index is 2.40. The third kappa shape index (κ3) is 2.79. The number of hydrogen-bond donors (Lipinski definition) is 1. The van der Waals surface area contributed by atoms with E-state index in [-0.39, 0.29) is 5.97 Å². The SMILES string of the molecule is CCC(Nc1ccc(Cl)c2cccnc12)C(=O)OC. The highest BCUT2D eigenvalue weighted by molar-refractivity contribution is 6.35. The number of ether oxygens (including phenoxy) is 1. The molecule has 1 N–H and O–H groups in total. The van der Waals surface area contributed by atoms with E-state index in [1.807, 2.05) is 25.1 Å². The van der Waals surface area contributed by atoms with Crippen LogP contribution in [0.15, 0.2) is 30.5 Å². The van der Waals surface area contributed by atoms with Crippen molar-refractivity contribution in [3.05, 3.63) is 35.5 Å². The summed E-state index contributed by atoms with van der Waals surface area (Å²) in [5.41, 5.74) is 1.52. The van der Waals surface area contributed by atoms with Gasteiger partial charge >= 0.3 is 5.97 Å². The molecule has 0 saturated carbocycles. The Kier molecular flexibility index (Phi) is 4.22. The van der Waals surface area contributed by atoms with Gasteiger partial charge in [0.15, 0.2) is 0 Å². The van der Waals surface area contributed by atoms with Crippen LogP contribution in [-0.2, 0) is 9.53 Å². The molecule has 0 spiro atoms. The van der Waals surface area contributed by atoms with Crippen LogP contribution in [-0.4, -0.2) is 24.1 Å². The summed E-state index contributed by atoms with van der Waals surface area (Å²) >= 11 is 6.13. The zero-order valence-electron chi connectivity index (χ0n) is 10.8. The summed E-state index contributed by atoms with van der Waals surface area (Å²) in [7, 11) is 1.38. The first-order valence-corrected chi connectivity index (χ1v) is 6.42. The molecular weight excluding hydrogens is 264 g/mol. The summed E-state index contributed by atoms with van der Waals surface area (Å²) in [6.07, 6.45) is 2.33. The van der Waals surface area contributed by atoms with Crippen LogP contribution in [0.3, 0.4) is 0 Å². The van der Waals surface area contributed by atoms with Crippen molar-refractivity contribution in [2.24, 2.45) is 0 Å². The zero-order valence-corrected chi connectivity index (χ0v) is 11.6. The average Bonchev–Trinajstić information content (AvgIpc) is 2.46. The van der Waals surface area contributed by atoms with Gasteiger partial charge in [-0.25, -0.2) is 4.79 Å². The van der Waals surface area contributed by atoms with Gasteiger partial charge in [-0.1, -0.05) is 18.5 Å². The maximum atomic E-state index is 11.6. The van der Waals surface area contributed by atoms with Gasteiger partial charge in [-0.3, -0.25) is 4.98 Å². The number of fused-ring (bicyclic) bond motifs is 1. The van der Waals surface area contributed by atoms with Gasteiger partial charge in [0.25, 0.3) is 0 Å². The van der Waals surface area contributed by atoms with Crippen molar-refractivity contribution in [1.82, 2.24) is 4.98 Å². The van der Waals surface area contributed by atoms with Crippen molar-refractivity contribution in [3.63, 3.8) is 0 Å². The van der Waals surface area contributed by atoms with E-state index >= 15 is 0 Å². The normalized spacial score (nSPS) is 12.2. The second-order valence-corrected chi connectivity index (χ2v) is 4.53. The number of nitrogens with one attached hydrogen (secondary N) is 1. The number of hydrogen-bond acceptors (Lipinski definition) is 4. The van der Waals surface area contributed by atoms with E-state index in [0.29, 0.717) is 11.4 Å². The summed E-state index contributed by atoms with van der Waals surface area (Å²) in [4.78, 5) is 15.9. The first-order valence-electron chi connectivity index (χ1n) is 6.05. The average molecular weight is 279 g/mol. The molecule has 0 fully saturated rings. The van der Waals surface area contributed by atoms with Gasteiger partial charge in [0, 0.05) is 11.6 Å². The second kappa shape index (κ2) is 5.89. The van der Waals surface area contributed by atoms with Crippen molar-refractivity contribution in [2.75, 3.05) is 12.4 Å². The van der Waals surface area contributed by atoms with Crippen LogP contribution in [0.5, 0.6) is 0 Å². The van der Waals surface area contributed by atoms with Crippen LogP contribution in [0.2, 0.25) is 5.02 Å². The highest BCUT2D eigenvalue weighted by Gasteiger charge is 2.18. The van der Waals surface area contributed by atoms with Crippen LogP contribution < -0.4 is 5.32 Å². The van der Waals surface area contributed by atoms with Crippen LogP contribution in [0.25, 0.3) is 10.9 Å². The monoisotopic (exact) mass is 278 g/mol. The fraction of sp³-hybridized carbons (Fsp3) is 0.286. The molecule has 5 heteroatoms. The molecule has 0 aliphatic heterocycles. The lowest BCUT2D eigenvalue weighted by Gasteiger charge is -2.17. The number of esters is 1. The Hall–Kier alpha value is -1.81. The van der Waals surface area contributed by atoms with Crippen molar-refractivity contribution in [1.29, 1.82) is 0 Å². The van der Waals surface area contributed by atoms with E-state index in [4.69, 9.17) is 16.3 Å². The molecule has 100 valence electrons. The van der Waals surface area contributed by atoms with Crippen LogP contribution >= 0.6 is 11.6 Å². The molecule has 0 saturated heterocycles. The topological polar surface area (TPSA) is 51.2 Å². The predicted molar refractivity (Wildman–Crippen MR) is 76.5 cm³/mol. The maximum absolute atomic E-state index is 11.6. The molecular formula is C14H15ClN2O2.